The van der Waals surface area contributed by atoms with Gasteiger partial charge in [-0.1, -0.05) is 0 Å². The minimum absolute atomic E-state index is 0.0710. The Morgan fingerprint density at radius 3 is 2.66 bits per heavy atom. The Kier molecular flexibility index (Phi) is 8.25. The van der Waals surface area contributed by atoms with E-state index in [9.17, 15) is 15.2 Å². The smallest absolute Gasteiger partial charge is 0.260 e. The number of carbonyl (C=O) groups is 1. The van der Waals surface area contributed by atoms with Crippen molar-refractivity contribution in [3.8, 4) is 6.07 Å². The van der Waals surface area contributed by atoms with Crippen LogP contribution in [0.4, 0.5) is 11.5 Å². The van der Waals surface area contributed by atoms with Crippen molar-refractivity contribution in [3.63, 3.8) is 0 Å². The van der Waals surface area contributed by atoms with E-state index in [1.807, 2.05) is 66.1 Å². The molecule has 3 N–H and O–H groups in total. The van der Waals surface area contributed by atoms with Gasteiger partial charge >= 0.3 is 0 Å². The van der Waals surface area contributed by atoms with Crippen LogP contribution >= 0.6 is 0 Å². The summed E-state index contributed by atoms with van der Waals surface area (Å²) >= 11 is 0. The molecule has 11 heteroatoms. The summed E-state index contributed by atoms with van der Waals surface area (Å²) in [4.78, 5) is 26.3. The molecule has 11 nitrogen and oxygen atoms in total. The lowest BCUT2D eigenvalue weighted by molar-refractivity contribution is 0.102. The molecule has 0 atom stereocenters. The molecule has 38 heavy (non-hydrogen) atoms. The number of nitrogens with zero attached hydrogens (tertiary/aromatic N) is 6. The lowest BCUT2D eigenvalue weighted by Gasteiger charge is -2.23. The van der Waals surface area contributed by atoms with E-state index in [1.165, 1.54) is 6.20 Å². The van der Waals surface area contributed by atoms with Gasteiger partial charge in [0.2, 0.25) is 0 Å². The number of methoxy groups -OCH3 is 1. The van der Waals surface area contributed by atoms with Crippen molar-refractivity contribution in [1.29, 1.82) is 5.26 Å². The standard InChI is InChI=1S/C27H32N8O3/c1-18(2)35-16-21(27(37)32-25-12-22(29-5-10-38-4)20(13-28)14-30-25)26-24(35)11-19(23(17-36)31-26)15-34-8-6-33(3)7-9-34/h6-9,11-12,14,16,18,36H,5,10,15,17H2,1-4H3,(H2,29,30,32,37). The fraction of sp³-hybridized carbons (Fsp3) is 0.333. The maximum absolute atomic E-state index is 13.4. The van der Waals surface area contributed by atoms with Crippen LogP contribution in [0.5, 0.6) is 0 Å². The third-order valence-corrected chi connectivity index (χ3v) is 6.15. The van der Waals surface area contributed by atoms with Crippen molar-refractivity contribution < 1.29 is 14.6 Å². The summed E-state index contributed by atoms with van der Waals surface area (Å²) in [6.45, 7) is 5.30. The van der Waals surface area contributed by atoms with Crippen LogP contribution in [0.3, 0.4) is 0 Å². The number of anilines is 2. The van der Waals surface area contributed by atoms with Gasteiger partial charge in [-0.2, -0.15) is 5.26 Å². The largest absolute Gasteiger partial charge is 0.390 e. The first-order valence-corrected chi connectivity index (χ1v) is 12.3. The molecule has 0 aromatic carbocycles. The second kappa shape index (κ2) is 11.8. The molecule has 198 valence electrons. The fourth-order valence-corrected chi connectivity index (χ4v) is 4.13. The summed E-state index contributed by atoms with van der Waals surface area (Å²) < 4.78 is 7.06. The van der Waals surface area contributed by atoms with E-state index >= 15 is 0 Å². The number of hydrogen-bond donors (Lipinski definition) is 3. The number of ether oxygens (including phenoxy) is 1. The van der Waals surface area contributed by atoms with Crippen LogP contribution in [0.1, 0.15) is 47.1 Å². The Labute approximate surface area is 221 Å². The SMILES string of the molecule is COCCNc1cc(NC(=O)c2cn(C(C)C)c3cc(CN4C=CN(C)C=C4)c(CO)nc23)ncc1C#N. The maximum atomic E-state index is 13.4. The first-order chi connectivity index (χ1) is 18.3. The lowest BCUT2D eigenvalue weighted by Crippen LogP contribution is -2.18. The summed E-state index contributed by atoms with van der Waals surface area (Å²) in [6.07, 6.45) is 11.0. The normalized spacial score (nSPS) is 12.9. The molecule has 0 radical (unpaired) electrons. The number of aliphatic hydroxyl groups is 1. The molecule has 1 aliphatic rings. The van der Waals surface area contributed by atoms with Gasteiger partial charge < -0.3 is 34.8 Å². The average molecular weight is 517 g/mol. The van der Waals surface area contributed by atoms with E-state index in [0.717, 1.165) is 11.1 Å². The van der Waals surface area contributed by atoms with E-state index in [1.54, 1.807) is 19.4 Å². The number of amides is 1. The summed E-state index contributed by atoms with van der Waals surface area (Å²) in [6, 6.07) is 5.77. The molecule has 4 rings (SSSR count). The highest BCUT2D eigenvalue weighted by atomic mass is 16.5. The van der Waals surface area contributed by atoms with E-state index in [-0.39, 0.29) is 18.6 Å². The molecule has 0 bridgehead atoms. The predicted molar refractivity (Wildman–Crippen MR) is 145 cm³/mol. The molecule has 1 aliphatic heterocycles. The zero-order chi connectivity index (χ0) is 27.2. The van der Waals surface area contributed by atoms with Crippen LogP contribution in [0.2, 0.25) is 0 Å². The third kappa shape index (κ3) is 5.77. The van der Waals surface area contributed by atoms with Gasteiger partial charge in [0.1, 0.15) is 17.4 Å². The summed E-state index contributed by atoms with van der Waals surface area (Å²) in [7, 11) is 3.55. The van der Waals surface area contributed by atoms with Gasteiger partial charge in [-0.3, -0.25) is 4.79 Å². The Balaban J connectivity index is 1.67. The first kappa shape index (κ1) is 26.7. The zero-order valence-electron chi connectivity index (χ0n) is 22.0. The summed E-state index contributed by atoms with van der Waals surface area (Å²) in [5, 5.41) is 25.5. The van der Waals surface area contributed by atoms with Crippen LogP contribution in [-0.2, 0) is 17.9 Å². The number of nitriles is 1. The molecule has 0 unspecified atom stereocenters. The predicted octanol–water partition coefficient (Wildman–Crippen LogP) is 3.38. The van der Waals surface area contributed by atoms with Gasteiger partial charge in [-0.25, -0.2) is 9.97 Å². The lowest BCUT2D eigenvalue weighted by atomic mass is 10.1. The molecule has 0 saturated carbocycles. The van der Waals surface area contributed by atoms with Crippen LogP contribution in [-0.4, -0.2) is 62.7 Å². The minimum Gasteiger partial charge on any atom is -0.390 e. The van der Waals surface area contributed by atoms with Crippen molar-refractivity contribution >= 4 is 28.4 Å². The molecule has 0 fully saturated rings. The number of aromatic nitrogens is 3. The van der Waals surface area contributed by atoms with Gasteiger partial charge in [0.15, 0.2) is 0 Å². The van der Waals surface area contributed by atoms with Crippen molar-refractivity contribution in [2.24, 2.45) is 0 Å². The molecule has 3 aromatic rings. The highest BCUT2D eigenvalue weighted by Crippen LogP contribution is 2.28. The number of nitrogens with one attached hydrogen (secondary N) is 2. The van der Waals surface area contributed by atoms with E-state index in [4.69, 9.17) is 9.72 Å². The molecule has 0 aliphatic carbocycles. The second-order valence-corrected chi connectivity index (χ2v) is 9.20. The molecule has 4 heterocycles. The summed E-state index contributed by atoms with van der Waals surface area (Å²) in [5.74, 6) is -0.0875. The van der Waals surface area contributed by atoms with E-state index < -0.39 is 0 Å². The second-order valence-electron chi connectivity index (χ2n) is 9.20. The van der Waals surface area contributed by atoms with Crippen LogP contribution < -0.4 is 10.6 Å². The van der Waals surface area contributed by atoms with Crippen LogP contribution in [0.15, 0.2) is 49.3 Å². The van der Waals surface area contributed by atoms with Crippen molar-refractivity contribution in [3.05, 3.63) is 71.7 Å². The first-order valence-electron chi connectivity index (χ1n) is 12.3. The molecule has 1 amide bonds. The quantitative estimate of drug-likeness (QED) is 0.347. The Morgan fingerprint density at radius 2 is 2.00 bits per heavy atom. The topological polar surface area (TPSA) is 132 Å². The van der Waals surface area contributed by atoms with Crippen LogP contribution in [0.25, 0.3) is 11.0 Å². The fourth-order valence-electron chi connectivity index (χ4n) is 4.13. The van der Waals surface area contributed by atoms with Gasteiger partial charge in [0.25, 0.3) is 5.91 Å². The molecule has 0 spiro atoms. The van der Waals surface area contributed by atoms with E-state index in [2.05, 4.69) is 21.7 Å². The molecular weight excluding hydrogens is 484 g/mol. The summed E-state index contributed by atoms with van der Waals surface area (Å²) in [5.41, 5.74) is 3.96. The highest BCUT2D eigenvalue weighted by Gasteiger charge is 2.21. The molecule has 0 saturated heterocycles. The number of carbonyl (C=O) groups excluding carboxylic acids is 1. The Morgan fingerprint density at radius 1 is 1.24 bits per heavy atom. The number of hydrogen-bond acceptors (Lipinski definition) is 9. The Bertz CT molecular complexity index is 1410. The number of fused-ring (bicyclic) bond motifs is 1. The monoisotopic (exact) mass is 516 g/mol. The van der Waals surface area contributed by atoms with Gasteiger partial charge in [0, 0.05) is 76.5 Å². The van der Waals surface area contributed by atoms with Gasteiger partial charge in [-0.05, 0) is 25.5 Å². The van der Waals surface area contributed by atoms with Crippen molar-refractivity contribution in [1.82, 2.24) is 24.3 Å². The van der Waals surface area contributed by atoms with Gasteiger partial charge in [0.05, 0.1) is 41.2 Å². The highest BCUT2D eigenvalue weighted by molar-refractivity contribution is 6.11. The Hall–Kier alpha value is -4.40. The van der Waals surface area contributed by atoms with Crippen LogP contribution in [0, 0.1) is 11.3 Å². The molecular formula is C27H32N8O3. The number of pyridine rings is 2. The minimum atomic E-state index is -0.386. The van der Waals surface area contributed by atoms with Crippen molar-refractivity contribution in [2.75, 3.05) is 37.9 Å². The van der Waals surface area contributed by atoms with Gasteiger partial charge in [-0.15, -0.1) is 0 Å². The number of rotatable bonds is 10. The molecule has 3 aromatic heterocycles. The average Bonchev–Trinajstić information content (AvgIpc) is 3.28. The maximum Gasteiger partial charge on any atom is 0.260 e. The zero-order valence-corrected chi connectivity index (χ0v) is 22.0. The third-order valence-electron chi connectivity index (χ3n) is 6.15. The van der Waals surface area contributed by atoms with E-state index in [0.29, 0.717) is 53.5 Å². The number of aliphatic hydroxyl groups excluding tert-OH is 1. The van der Waals surface area contributed by atoms with Crippen molar-refractivity contribution in [2.45, 2.75) is 33.0 Å².